The Bertz CT molecular complexity index is 1650. The molecule has 3 N–H and O–H groups in total. The van der Waals surface area contributed by atoms with Crippen molar-refractivity contribution in [3.8, 4) is 22.7 Å². The molecule has 0 radical (unpaired) electrons. The molecule has 2 aromatic carbocycles. The van der Waals surface area contributed by atoms with Crippen LogP contribution in [-0.2, 0) is 0 Å². The Morgan fingerprint density at radius 2 is 1.89 bits per heavy atom. The molecule has 0 atom stereocenters. The zero-order valence-electron chi connectivity index (χ0n) is 19.5. The fourth-order valence-corrected chi connectivity index (χ4v) is 5.12. The number of para-hydroxylation sites is 1. The molecule has 3 heterocycles. The summed E-state index contributed by atoms with van der Waals surface area (Å²) in [5.41, 5.74) is 8.50. The van der Waals surface area contributed by atoms with Gasteiger partial charge in [-0.05, 0) is 50.1 Å². The standard InChI is InChI=1S/C27H25N5O3/c1-27(34)13-18(14-27)32-21-10-11-29-25(28)23(21)24(30-32)16-8-9-19-20(12-16)26(33)31(15-22(19)35-2)17-6-4-3-5-7-17/h3-12,15,18,34H,13-14H2,1-2H3,(H2,28,29). The van der Waals surface area contributed by atoms with Gasteiger partial charge in [-0.15, -0.1) is 0 Å². The number of fused-ring (bicyclic) bond motifs is 2. The second-order valence-electron chi connectivity index (χ2n) is 9.41. The van der Waals surface area contributed by atoms with Gasteiger partial charge >= 0.3 is 0 Å². The second-order valence-corrected chi connectivity index (χ2v) is 9.41. The molecule has 8 nitrogen and oxygen atoms in total. The van der Waals surface area contributed by atoms with Crippen molar-refractivity contribution in [2.45, 2.75) is 31.4 Å². The number of aliphatic hydroxyl groups is 1. The van der Waals surface area contributed by atoms with Crippen LogP contribution < -0.4 is 16.0 Å². The summed E-state index contributed by atoms with van der Waals surface area (Å²) < 4.78 is 9.14. The number of ether oxygens (including phenoxy) is 1. The largest absolute Gasteiger partial charge is 0.495 e. The van der Waals surface area contributed by atoms with Gasteiger partial charge in [-0.2, -0.15) is 5.10 Å². The molecule has 0 spiro atoms. The van der Waals surface area contributed by atoms with Crippen LogP contribution in [0.3, 0.4) is 0 Å². The van der Waals surface area contributed by atoms with Crippen molar-refractivity contribution in [2.24, 2.45) is 0 Å². The van der Waals surface area contributed by atoms with Crippen molar-refractivity contribution in [1.29, 1.82) is 0 Å². The third-order valence-corrected chi connectivity index (χ3v) is 6.85. The van der Waals surface area contributed by atoms with Crippen LogP contribution >= 0.6 is 0 Å². The Balaban J connectivity index is 1.58. The van der Waals surface area contributed by atoms with Gasteiger partial charge < -0.3 is 15.6 Å². The average molecular weight is 468 g/mol. The van der Waals surface area contributed by atoms with E-state index in [0.717, 1.165) is 27.5 Å². The molecule has 0 saturated heterocycles. The van der Waals surface area contributed by atoms with Crippen LogP contribution in [0.1, 0.15) is 25.8 Å². The number of benzene rings is 2. The molecule has 1 saturated carbocycles. The maximum absolute atomic E-state index is 13.6. The highest BCUT2D eigenvalue weighted by Gasteiger charge is 2.41. The minimum absolute atomic E-state index is 0.0684. The summed E-state index contributed by atoms with van der Waals surface area (Å²) in [4.78, 5) is 17.9. The van der Waals surface area contributed by atoms with E-state index in [1.807, 2.05) is 66.2 Å². The Morgan fingerprint density at radius 3 is 2.60 bits per heavy atom. The van der Waals surface area contributed by atoms with Gasteiger partial charge in [0.2, 0.25) is 0 Å². The topological polar surface area (TPSA) is 108 Å². The van der Waals surface area contributed by atoms with Gasteiger partial charge in [0.05, 0.1) is 41.2 Å². The molecule has 35 heavy (non-hydrogen) atoms. The number of aromatic nitrogens is 4. The fraction of sp³-hybridized carbons (Fsp3) is 0.222. The van der Waals surface area contributed by atoms with E-state index in [4.69, 9.17) is 15.6 Å². The van der Waals surface area contributed by atoms with Crippen molar-refractivity contribution in [3.05, 3.63) is 77.3 Å². The summed E-state index contributed by atoms with van der Waals surface area (Å²) >= 11 is 0. The van der Waals surface area contributed by atoms with E-state index in [1.165, 1.54) is 0 Å². The quantitative estimate of drug-likeness (QED) is 0.412. The van der Waals surface area contributed by atoms with Gasteiger partial charge in [0.25, 0.3) is 5.56 Å². The molecular formula is C27H25N5O3. The van der Waals surface area contributed by atoms with E-state index in [-0.39, 0.29) is 11.6 Å². The van der Waals surface area contributed by atoms with E-state index in [9.17, 15) is 9.90 Å². The molecule has 1 fully saturated rings. The number of methoxy groups -OCH3 is 1. The van der Waals surface area contributed by atoms with Gasteiger partial charge in [-0.1, -0.05) is 24.3 Å². The first-order chi connectivity index (χ1) is 16.9. The molecule has 0 amide bonds. The number of pyridine rings is 2. The lowest BCUT2D eigenvalue weighted by molar-refractivity contribution is -0.0529. The van der Waals surface area contributed by atoms with E-state index in [1.54, 1.807) is 24.1 Å². The zero-order chi connectivity index (χ0) is 24.3. The molecule has 176 valence electrons. The Labute approximate surface area is 201 Å². The summed E-state index contributed by atoms with van der Waals surface area (Å²) in [7, 11) is 1.59. The third kappa shape index (κ3) is 3.37. The van der Waals surface area contributed by atoms with Crippen molar-refractivity contribution in [3.63, 3.8) is 0 Å². The van der Waals surface area contributed by atoms with E-state index < -0.39 is 5.60 Å². The first kappa shape index (κ1) is 21.4. The number of nitrogens with two attached hydrogens (primary N) is 1. The van der Waals surface area contributed by atoms with Gasteiger partial charge in [0.1, 0.15) is 17.3 Å². The highest BCUT2D eigenvalue weighted by molar-refractivity contribution is 6.02. The third-order valence-electron chi connectivity index (χ3n) is 6.85. The van der Waals surface area contributed by atoms with Crippen molar-refractivity contribution < 1.29 is 9.84 Å². The summed E-state index contributed by atoms with van der Waals surface area (Å²) in [6.07, 6.45) is 4.61. The number of anilines is 1. The SMILES string of the molecule is COc1cn(-c2ccccc2)c(=O)c2cc(-c3nn(C4CC(C)(O)C4)c4ccnc(N)c34)ccc12. The summed E-state index contributed by atoms with van der Waals surface area (Å²) in [5, 5.41) is 17.2. The van der Waals surface area contributed by atoms with Crippen LogP contribution in [0.15, 0.2) is 71.8 Å². The average Bonchev–Trinajstić information content (AvgIpc) is 3.24. The Kier molecular flexibility index (Phi) is 4.69. The van der Waals surface area contributed by atoms with E-state index in [0.29, 0.717) is 35.5 Å². The van der Waals surface area contributed by atoms with Crippen LogP contribution in [0.2, 0.25) is 0 Å². The number of nitrogens with zero attached hydrogens (tertiary/aromatic N) is 4. The Morgan fingerprint density at radius 1 is 1.11 bits per heavy atom. The molecule has 1 aliphatic rings. The van der Waals surface area contributed by atoms with Crippen LogP contribution in [0.5, 0.6) is 5.75 Å². The molecule has 8 heteroatoms. The van der Waals surface area contributed by atoms with Crippen molar-refractivity contribution in [2.75, 3.05) is 12.8 Å². The monoisotopic (exact) mass is 467 g/mol. The van der Waals surface area contributed by atoms with Crippen LogP contribution in [-0.4, -0.2) is 37.1 Å². The van der Waals surface area contributed by atoms with Gasteiger partial charge in [-0.3, -0.25) is 14.0 Å². The predicted molar refractivity (Wildman–Crippen MR) is 136 cm³/mol. The molecule has 6 rings (SSSR count). The minimum Gasteiger partial charge on any atom is -0.495 e. The maximum Gasteiger partial charge on any atom is 0.263 e. The van der Waals surface area contributed by atoms with Crippen LogP contribution in [0.4, 0.5) is 5.82 Å². The number of rotatable bonds is 4. The van der Waals surface area contributed by atoms with Gasteiger partial charge in [0.15, 0.2) is 0 Å². The summed E-state index contributed by atoms with van der Waals surface area (Å²) in [5.74, 6) is 0.977. The van der Waals surface area contributed by atoms with Crippen molar-refractivity contribution in [1.82, 2.24) is 19.3 Å². The molecule has 0 aliphatic heterocycles. The summed E-state index contributed by atoms with van der Waals surface area (Å²) in [6, 6.07) is 17.1. The second kappa shape index (κ2) is 7.68. The number of nitrogen functional groups attached to an aromatic ring is 1. The van der Waals surface area contributed by atoms with E-state index >= 15 is 0 Å². The molecule has 3 aromatic heterocycles. The molecule has 0 bridgehead atoms. The highest BCUT2D eigenvalue weighted by Crippen LogP contribution is 2.44. The van der Waals surface area contributed by atoms with E-state index in [2.05, 4.69) is 4.98 Å². The van der Waals surface area contributed by atoms with Crippen LogP contribution in [0, 0.1) is 0 Å². The number of hydrogen-bond acceptors (Lipinski definition) is 6. The van der Waals surface area contributed by atoms with Gasteiger partial charge in [0, 0.05) is 22.8 Å². The van der Waals surface area contributed by atoms with Crippen LogP contribution in [0.25, 0.3) is 38.6 Å². The zero-order valence-corrected chi connectivity index (χ0v) is 19.5. The molecule has 0 unspecified atom stereocenters. The lowest BCUT2D eigenvalue weighted by Crippen LogP contribution is -2.42. The first-order valence-electron chi connectivity index (χ1n) is 11.5. The number of hydrogen-bond donors (Lipinski definition) is 2. The van der Waals surface area contributed by atoms with Crippen molar-refractivity contribution >= 4 is 27.5 Å². The molecule has 1 aliphatic carbocycles. The lowest BCUT2D eigenvalue weighted by Gasteiger charge is -2.41. The highest BCUT2D eigenvalue weighted by atomic mass is 16.5. The van der Waals surface area contributed by atoms with Gasteiger partial charge in [-0.25, -0.2) is 4.98 Å². The maximum atomic E-state index is 13.6. The first-order valence-corrected chi connectivity index (χ1v) is 11.5. The lowest BCUT2D eigenvalue weighted by atomic mass is 9.77. The molecular weight excluding hydrogens is 442 g/mol. The fourth-order valence-electron chi connectivity index (χ4n) is 5.12. The smallest absolute Gasteiger partial charge is 0.263 e. The Hall–Kier alpha value is -4.17. The predicted octanol–water partition coefficient (Wildman–Crippen LogP) is 4.08. The minimum atomic E-state index is -0.691. The molecule has 5 aromatic rings. The normalized spacial score (nSPS) is 19.7. The summed E-state index contributed by atoms with van der Waals surface area (Å²) in [6.45, 7) is 1.83.